The molecule has 0 radical (unpaired) electrons. The molecule has 0 spiro atoms. The minimum atomic E-state index is -0.934. The van der Waals surface area contributed by atoms with E-state index in [1.54, 1.807) is 43.0 Å². The summed E-state index contributed by atoms with van der Waals surface area (Å²) in [5.74, 6) is -1.77. The molecule has 1 N–H and O–H groups in total. The number of nitrogens with one attached hydrogen (secondary N) is 1. The zero-order valence-corrected chi connectivity index (χ0v) is 17.2. The molecule has 0 unspecified atom stereocenters. The quantitative estimate of drug-likeness (QED) is 0.496. The van der Waals surface area contributed by atoms with Gasteiger partial charge in [-0.25, -0.2) is 13.8 Å². The number of thiazole rings is 1. The number of carbonyl (C=O) groups excluding carboxylic acids is 1. The second-order valence-corrected chi connectivity index (χ2v) is 7.34. The normalized spacial score (nSPS) is 12.1. The van der Waals surface area contributed by atoms with Crippen LogP contribution < -0.4 is 10.1 Å². The first-order valence-corrected chi connectivity index (χ1v) is 9.98. The van der Waals surface area contributed by atoms with Crippen LogP contribution in [0.1, 0.15) is 28.4 Å². The van der Waals surface area contributed by atoms with Crippen molar-refractivity contribution in [1.29, 1.82) is 0 Å². The van der Waals surface area contributed by atoms with Gasteiger partial charge in [-0.1, -0.05) is 24.3 Å². The number of anilines is 1. The van der Waals surface area contributed by atoms with Gasteiger partial charge < -0.3 is 9.47 Å². The zero-order chi connectivity index (χ0) is 21.5. The van der Waals surface area contributed by atoms with Crippen LogP contribution >= 0.6 is 11.3 Å². The topological polar surface area (TPSA) is 60.5 Å². The van der Waals surface area contributed by atoms with Gasteiger partial charge in [-0.15, -0.1) is 11.3 Å². The lowest BCUT2D eigenvalue weighted by molar-refractivity contribution is 0.0917. The van der Waals surface area contributed by atoms with Crippen molar-refractivity contribution < 1.29 is 23.0 Å². The van der Waals surface area contributed by atoms with Gasteiger partial charge in [0.1, 0.15) is 11.9 Å². The Balaban J connectivity index is 1.91. The Morgan fingerprint density at radius 3 is 2.83 bits per heavy atom. The number of amides is 1. The maximum Gasteiger partial charge on any atom is 0.257 e. The minimum Gasteiger partial charge on any atom is -0.488 e. The summed E-state index contributed by atoms with van der Waals surface area (Å²) in [5.41, 5.74) is 1.03. The van der Waals surface area contributed by atoms with Crippen molar-refractivity contribution >= 4 is 34.5 Å². The van der Waals surface area contributed by atoms with Crippen LogP contribution in [-0.4, -0.2) is 30.7 Å². The summed E-state index contributed by atoms with van der Waals surface area (Å²) in [4.78, 5) is 16.7. The molecule has 0 aliphatic rings. The molecule has 1 aromatic heterocycles. The minimum absolute atomic E-state index is 0.0999. The molecule has 0 saturated carbocycles. The number of benzene rings is 2. The second kappa shape index (κ2) is 10.1. The lowest BCUT2D eigenvalue weighted by Crippen LogP contribution is -2.18. The first-order valence-electron chi connectivity index (χ1n) is 9.10. The van der Waals surface area contributed by atoms with E-state index in [9.17, 15) is 13.6 Å². The van der Waals surface area contributed by atoms with Gasteiger partial charge in [0, 0.05) is 29.8 Å². The standard InChI is InChI=1S/C22H20F2N2O3S/c1-14(13-28-2)29-18-11-15(6-7-16-4-3-5-19(23)20(16)24)10-17(12-18)21(27)26-22-25-8-9-30-22/h3-12,14H,13H2,1-2H3,(H,25,26,27)/b7-6+/t14-/m0/s1. The summed E-state index contributed by atoms with van der Waals surface area (Å²) in [7, 11) is 1.57. The van der Waals surface area contributed by atoms with Crippen LogP contribution in [0, 0.1) is 11.6 Å². The highest BCUT2D eigenvalue weighted by molar-refractivity contribution is 7.13. The van der Waals surface area contributed by atoms with Crippen molar-refractivity contribution in [3.63, 3.8) is 0 Å². The maximum atomic E-state index is 13.9. The van der Waals surface area contributed by atoms with Crippen LogP contribution in [0.15, 0.2) is 48.0 Å². The molecule has 3 aromatic rings. The van der Waals surface area contributed by atoms with Crippen LogP contribution in [0.2, 0.25) is 0 Å². The van der Waals surface area contributed by atoms with E-state index in [1.807, 2.05) is 6.92 Å². The van der Waals surface area contributed by atoms with Gasteiger partial charge in [0.25, 0.3) is 5.91 Å². The highest BCUT2D eigenvalue weighted by Crippen LogP contribution is 2.23. The number of nitrogens with zero attached hydrogens (tertiary/aromatic N) is 1. The molecule has 0 saturated heterocycles. The highest BCUT2D eigenvalue weighted by atomic mass is 32.1. The Hall–Kier alpha value is -3.10. The fourth-order valence-electron chi connectivity index (χ4n) is 2.71. The number of ether oxygens (including phenoxy) is 2. The number of methoxy groups -OCH3 is 1. The van der Waals surface area contributed by atoms with Crippen molar-refractivity contribution in [1.82, 2.24) is 4.98 Å². The third kappa shape index (κ3) is 5.71. The largest absolute Gasteiger partial charge is 0.488 e. The Morgan fingerprint density at radius 1 is 1.27 bits per heavy atom. The molecule has 0 bridgehead atoms. The first kappa shape index (κ1) is 21.6. The smallest absolute Gasteiger partial charge is 0.257 e. The number of aromatic nitrogens is 1. The molecule has 156 valence electrons. The zero-order valence-electron chi connectivity index (χ0n) is 16.4. The number of rotatable bonds is 8. The highest BCUT2D eigenvalue weighted by Gasteiger charge is 2.13. The van der Waals surface area contributed by atoms with E-state index >= 15 is 0 Å². The van der Waals surface area contributed by atoms with Crippen LogP contribution in [-0.2, 0) is 4.74 Å². The molecule has 5 nitrogen and oxygen atoms in total. The SMILES string of the molecule is COC[C@H](C)Oc1cc(/C=C/c2cccc(F)c2F)cc(C(=O)Nc2nccs2)c1. The monoisotopic (exact) mass is 430 g/mol. The Labute approximate surface area is 177 Å². The Bertz CT molecular complexity index is 1040. The molecule has 1 heterocycles. The summed E-state index contributed by atoms with van der Waals surface area (Å²) in [6, 6.07) is 8.89. The van der Waals surface area contributed by atoms with Gasteiger partial charge in [0.15, 0.2) is 16.8 Å². The summed E-state index contributed by atoms with van der Waals surface area (Å²) >= 11 is 1.30. The Kier molecular flexibility index (Phi) is 7.26. The van der Waals surface area contributed by atoms with Crippen LogP contribution in [0.3, 0.4) is 0 Å². The predicted molar refractivity (Wildman–Crippen MR) is 114 cm³/mol. The molecule has 3 rings (SSSR count). The fourth-order valence-corrected chi connectivity index (χ4v) is 3.23. The molecule has 0 fully saturated rings. The Morgan fingerprint density at radius 2 is 2.10 bits per heavy atom. The number of carbonyl (C=O) groups is 1. The maximum absolute atomic E-state index is 13.9. The lowest BCUT2D eigenvalue weighted by atomic mass is 10.1. The molecule has 30 heavy (non-hydrogen) atoms. The molecular formula is C22H20F2N2O3S. The summed E-state index contributed by atoms with van der Waals surface area (Å²) in [5, 5.41) is 4.94. The predicted octanol–water partition coefficient (Wildman–Crippen LogP) is 5.26. The summed E-state index contributed by atoms with van der Waals surface area (Å²) < 4.78 is 38.3. The molecule has 1 atom stereocenters. The third-order valence-electron chi connectivity index (χ3n) is 4.02. The van der Waals surface area contributed by atoms with Crippen molar-refractivity contribution in [2.24, 2.45) is 0 Å². The average Bonchev–Trinajstić information content (AvgIpc) is 3.22. The van der Waals surface area contributed by atoms with Gasteiger partial charge >= 0.3 is 0 Å². The number of hydrogen-bond acceptors (Lipinski definition) is 5. The molecule has 1 amide bonds. The number of halogens is 2. The van der Waals surface area contributed by atoms with E-state index in [4.69, 9.17) is 9.47 Å². The molecule has 0 aliphatic carbocycles. The first-order chi connectivity index (χ1) is 14.5. The van der Waals surface area contributed by atoms with Gasteiger partial charge in [-0.05, 0) is 36.8 Å². The van der Waals surface area contributed by atoms with E-state index in [1.165, 1.54) is 29.5 Å². The van der Waals surface area contributed by atoms with E-state index in [0.29, 0.717) is 28.6 Å². The van der Waals surface area contributed by atoms with Crippen molar-refractivity contribution in [2.45, 2.75) is 13.0 Å². The molecular weight excluding hydrogens is 410 g/mol. The van der Waals surface area contributed by atoms with Crippen LogP contribution in [0.25, 0.3) is 12.2 Å². The second-order valence-electron chi connectivity index (χ2n) is 6.44. The third-order valence-corrected chi connectivity index (χ3v) is 4.71. The average molecular weight is 430 g/mol. The van der Waals surface area contributed by atoms with E-state index < -0.39 is 11.6 Å². The van der Waals surface area contributed by atoms with Gasteiger partial charge in [0.05, 0.1) is 6.61 Å². The van der Waals surface area contributed by atoms with Gasteiger partial charge in [-0.3, -0.25) is 10.1 Å². The fraction of sp³-hybridized carbons (Fsp3) is 0.182. The molecule has 0 aliphatic heterocycles. The molecule has 2 aromatic carbocycles. The number of hydrogen-bond donors (Lipinski definition) is 1. The molecule has 8 heteroatoms. The summed E-state index contributed by atoms with van der Waals surface area (Å²) in [6.45, 7) is 2.21. The lowest BCUT2D eigenvalue weighted by Gasteiger charge is -2.15. The van der Waals surface area contributed by atoms with Crippen LogP contribution in [0.4, 0.5) is 13.9 Å². The van der Waals surface area contributed by atoms with Crippen LogP contribution in [0.5, 0.6) is 5.75 Å². The van der Waals surface area contributed by atoms with E-state index in [0.717, 1.165) is 6.07 Å². The van der Waals surface area contributed by atoms with Crippen molar-refractivity contribution in [3.8, 4) is 5.75 Å². The van der Waals surface area contributed by atoms with Crippen molar-refractivity contribution in [3.05, 3.63) is 76.3 Å². The van der Waals surface area contributed by atoms with E-state index in [2.05, 4.69) is 10.3 Å². The summed E-state index contributed by atoms with van der Waals surface area (Å²) in [6.07, 6.45) is 4.38. The van der Waals surface area contributed by atoms with Gasteiger partial charge in [-0.2, -0.15) is 0 Å². The van der Waals surface area contributed by atoms with E-state index in [-0.39, 0.29) is 17.6 Å². The van der Waals surface area contributed by atoms with Crippen molar-refractivity contribution in [2.75, 3.05) is 19.0 Å². The van der Waals surface area contributed by atoms with Gasteiger partial charge in [0.2, 0.25) is 0 Å².